The number of methoxy groups -OCH3 is 1. The fourth-order valence-electron chi connectivity index (χ4n) is 3.23. The van der Waals surface area contributed by atoms with E-state index >= 15 is 0 Å². The second-order valence-electron chi connectivity index (χ2n) is 7.78. The average molecular weight is 368 g/mol. The van der Waals surface area contributed by atoms with Crippen LogP contribution in [0.5, 0.6) is 5.75 Å². The van der Waals surface area contributed by atoms with E-state index in [0.717, 1.165) is 43.3 Å². The maximum Gasteiger partial charge on any atom is 0.253 e. The van der Waals surface area contributed by atoms with E-state index in [1.54, 1.807) is 13.3 Å². The number of carbonyl (C=O) groups is 1. The smallest absolute Gasteiger partial charge is 0.253 e. The molecule has 0 radical (unpaired) electrons. The van der Waals surface area contributed by atoms with Crippen LogP contribution in [0.25, 0.3) is 0 Å². The summed E-state index contributed by atoms with van der Waals surface area (Å²) in [6, 6.07) is 10.0. The number of carbonyl (C=O) groups excluding carboxylic acids is 1. The number of anilines is 2. The van der Waals surface area contributed by atoms with Crippen LogP contribution in [-0.4, -0.2) is 49.7 Å². The van der Waals surface area contributed by atoms with Gasteiger partial charge in [0.1, 0.15) is 5.75 Å². The molecule has 144 valence electrons. The van der Waals surface area contributed by atoms with Crippen molar-refractivity contribution in [1.29, 1.82) is 0 Å². The van der Waals surface area contributed by atoms with Gasteiger partial charge in [0.15, 0.2) is 0 Å². The molecule has 0 unspecified atom stereocenters. The number of aromatic nitrogens is 1. The second kappa shape index (κ2) is 7.86. The molecule has 2 heterocycles. The lowest BCUT2D eigenvalue weighted by Gasteiger charge is -2.37. The van der Waals surface area contributed by atoms with E-state index in [-0.39, 0.29) is 11.4 Å². The number of piperazine rings is 1. The van der Waals surface area contributed by atoms with Gasteiger partial charge in [0.25, 0.3) is 5.91 Å². The van der Waals surface area contributed by atoms with E-state index < -0.39 is 0 Å². The summed E-state index contributed by atoms with van der Waals surface area (Å²) >= 11 is 0. The number of hydrogen-bond acceptors (Lipinski definition) is 5. The van der Waals surface area contributed by atoms with Crippen LogP contribution in [0.2, 0.25) is 0 Å². The summed E-state index contributed by atoms with van der Waals surface area (Å²) in [5.74, 6) is 0.804. The van der Waals surface area contributed by atoms with Gasteiger partial charge in [0.05, 0.1) is 30.2 Å². The van der Waals surface area contributed by atoms with Gasteiger partial charge in [0, 0.05) is 37.9 Å². The molecule has 0 saturated carbocycles. The number of rotatable bonds is 4. The number of nitrogens with zero attached hydrogens (tertiary/aromatic N) is 3. The standard InChI is InChI=1S/C21H28N4O2/c1-21(2,3)23-20(26)16-13-17(15-22-14-16)24-9-11-25(12-10-24)18-7-5-6-8-19(18)27-4/h5-8,13-15H,9-12H2,1-4H3,(H,23,26). The van der Waals surface area contributed by atoms with Crippen molar-refractivity contribution in [2.75, 3.05) is 43.1 Å². The maximum atomic E-state index is 12.4. The lowest BCUT2D eigenvalue weighted by molar-refractivity contribution is 0.0919. The van der Waals surface area contributed by atoms with Gasteiger partial charge in [-0.25, -0.2) is 0 Å². The molecule has 1 saturated heterocycles. The molecule has 1 aliphatic heterocycles. The van der Waals surface area contributed by atoms with Crippen LogP contribution < -0.4 is 19.9 Å². The first-order valence-corrected chi connectivity index (χ1v) is 9.28. The van der Waals surface area contributed by atoms with Crippen LogP contribution in [-0.2, 0) is 0 Å². The molecule has 1 aromatic heterocycles. The third-order valence-electron chi connectivity index (χ3n) is 4.55. The third kappa shape index (κ3) is 4.70. The van der Waals surface area contributed by atoms with Crippen LogP contribution in [0.1, 0.15) is 31.1 Å². The predicted octanol–water partition coefficient (Wildman–Crippen LogP) is 2.95. The Labute approximate surface area is 161 Å². The van der Waals surface area contributed by atoms with Crippen LogP contribution in [0.3, 0.4) is 0 Å². The highest BCUT2D eigenvalue weighted by molar-refractivity contribution is 5.95. The SMILES string of the molecule is COc1ccccc1N1CCN(c2cncc(C(=O)NC(C)(C)C)c2)CC1. The predicted molar refractivity (Wildman–Crippen MR) is 109 cm³/mol. The number of pyridine rings is 1. The number of nitrogens with one attached hydrogen (secondary N) is 1. The minimum atomic E-state index is -0.270. The average Bonchev–Trinajstić information content (AvgIpc) is 2.67. The van der Waals surface area contributed by atoms with E-state index in [1.165, 1.54) is 0 Å². The Hall–Kier alpha value is -2.76. The van der Waals surface area contributed by atoms with Gasteiger partial charge in [0.2, 0.25) is 0 Å². The molecule has 3 rings (SSSR count). The molecule has 6 heteroatoms. The molecule has 0 atom stereocenters. The van der Waals surface area contributed by atoms with Crippen LogP contribution in [0, 0.1) is 0 Å². The van der Waals surface area contributed by atoms with Gasteiger partial charge in [-0.2, -0.15) is 0 Å². The molecule has 27 heavy (non-hydrogen) atoms. The highest BCUT2D eigenvalue weighted by Crippen LogP contribution is 2.29. The molecular weight excluding hydrogens is 340 g/mol. The fourth-order valence-corrected chi connectivity index (χ4v) is 3.23. The number of hydrogen-bond donors (Lipinski definition) is 1. The van der Waals surface area contributed by atoms with Crippen molar-refractivity contribution in [3.63, 3.8) is 0 Å². The van der Waals surface area contributed by atoms with Crippen molar-refractivity contribution in [3.05, 3.63) is 48.3 Å². The summed E-state index contributed by atoms with van der Waals surface area (Å²) in [4.78, 5) is 21.3. The van der Waals surface area contributed by atoms with Crippen molar-refractivity contribution in [1.82, 2.24) is 10.3 Å². The Kier molecular flexibility index (Phi) is 5.54. The summed E-state index contributed by atoms with van der Waals surface area (Å²) in [7, 11) is 1.70. The van der Waals surface area contributed by atoms with E-state index in [4.69, 9.17) is 4.74 Å². The summed E-state index contributed by atoms with van der Waals surface area (Å²) in [6.07, 6.45) is 3.45. The zero-order valence-corrected chi connectivity index (χ0v) is 16.5. The molecule has 1 amide bonds. The quantitative estimate of drug-likeness (QED) is 0.899. The third-order valence-corrected chi connectivity index (χ3v) is 4.55. The van der Waals surface area contributed by atoms with Crippen LogP contribution in [0.4, 0.5) is 11.4 Å². The van der Waals surface area contributed by atoms with Crippen LogP contribution in [0.15, 0.2) is 42.7 Å². The molecule has 6 nitrogen and oxygen atoms in total. The number of para-hydroxylation sites is 2. The molecule has 1 aromatic carbocycles. The first-order valence-electron chi connectivity index (χ1n) is 9.28. The van der Waals surface area contributed by atoms with Gasteiger partial charge in [-0.05, 0) is 39.0 Å². The molecule has 1 N–H and O–H groups in total. The lowest BCUT2D eigenvalue weighted by atomic mass is 10.1. The molecule has 2 aromatic rings. The minimum absolute atomic E-state index is 0.0930. The molecular formula is C21H28N4O2. The fraction of sp³-hybridized carbons (Fsp3) is 0.429. The molecule has 1 fully saturated rings. The minimum Gasteiger partial charge on any atom is -0.495 e. The number of ether oxygens (including phenoxy) is 1. The Balaban J connectivity index is 1.68. The van der Waals surface area contributed by atoms with E-state index in [2.05, 4.69) is 26.2 Å². The highest BCUT2D eigenvalue weighted by Gasteiger charge is 2.21. The monoisotopic (exact) mass is 368 g/mol. The van der Waals surface area contributed by atoms with Crippen LogP contribution >= 0.6 is 0 Å². The summed E-state index contributed by atoms with van der Waals surface area (Å²) < 4.78 is 5.48. The van der Waals surface area contributed by atoms with Gasteiger partial charge >= 0.3 is 0 Å². The summed E-state index contributed by atoms with van der Waals surface area (Å²) in [6.45, 7) is 9.42. The van der Waals surface area contributed by atoms with Crippen molar-refractivity contribution < 1.29 is 9.53 Å². The van der Waals surface area contributed by atoms with Gasteiger partial charge in [-0.1, -0.05) is 12.1 Å². The zero-order chi connectivity index (χ0) is 19.4. The van der Waals surface area contributed by atoms with Crippen molar-refractivity contribution >= 4 is 17.3 Å². The summed E-state index contributed by atoms with van der Waals surface area (Å²) in [5.41, 5.74) is 2.43. The first-order chi connectivity index (χ1) is 12.9. The van der Waals surface area contributed by atoms with Crippen molar-refractivity contribution in [2.24, 2.45) is 0 Å². The van der Waals surface area contributed by atoms with Gasteiger partial charge < -0.3 is 19.9 Å². The molecule has 1 aliphatic rings. The Morgan fingerprint density at radius 1 is 1.07 bits per heavy atom. The van der Waals surface area contributed by atoms with E-state index in [1.807, 2.05) is 51.2 Å². The van der Waals surface area contributed by atoms with Crippen molar-refractivity contribution in [2.45, 2.75) is 26.3 Å². The number of amides is 1. The van der Waals surface area contributed by atoms with Gasteiger partial charge in [-0.3, -0.25) is 9.78 Å². The molecule has 0 aliphatic carbocycles. The largest absolute Gasteiger partial charge is 0.495 e. The lowest BCUT2D eigenvalue weighted by Crippen LogP contribution is -2.46. The Morgan fingerprint density at radius 2 is 1.74 bits per heavy atom. The summed E-state index contributed by atoms with van der Waals surface area (Å²) in [5, 5.41) is 2.99. The maximum absolute atomic E-state index is 12.4. The molecule has 0 spiro atoms. The highest BCUT2D eigenvalue weighted by atomic mass is 16.5. The Morgan fingerprint density at radius 3 is 2.41 bits per heavy atom. The normalized spacial score (nSPS) is 14.8. The first kappa shape index (κ1) is 19.0. The van der Waals surface area contributed by atoms with E-state index in [9.17, 15) is 4.79 Å². The van der Waals surface area contributed by atoms with Gasteiger partial charge in [-0.15, -0.1) is 0 Å². The second-order valence-corrected chi connectivity index (χ2v) is 7.78. The molecule has 0 bridgehead atoms. The number of benzene rings is 1. The zero-order valence-electron chi connectivity index (χ0n) is 16.5. The topological polar surface area (TPSA) is 57.7 Å². The Bertz CT molecular complexity index is 793. The van der Waals surface area contributed by atoms with Crippen molar-refractivity contribution in [3.8, 4) is 5.75 Å². The van der Waals surface area contributed by atoms with E-state index in [0.29, 0.717) is 5.56 Å².